The number of benzene rings is 2. The predicted octanol–water partition coefficient (Wildman–Crippen LogP) is 5.03. The van der Waals surface area contributed by atoms with Gasteiger partial charge in [0, 0.05) is 49.5 Å². The topological polar surface area (TPSA) is 109 Å². The van der Waals surface area contributed by atoms with E-state index >= 15 is 4.39 Å². The fraction of sp³-hybridized carbons (Fsp3) is 0.441. The molecule has 2 aromatic carbocycles. The maximum absolute atomic E-state index is 16.8. The van der Waals surface area contributed by atoms with Gasteiger partial charge >= 0.3 is 6.01 Å². The Bertz CT molecular complexity index is 2060. The molecule has 3 aliphatic rings. The minimum Gasteiger partial charge on any atom is -0.508 e. The Morgan fingerprint density at radius 3 is 2.79 bits per heavy atom. The van der Waals surface area contributed by atoms with Gasteiger partial charge in [0.2, 0.25) is 0 Å². The van der Waals surface area contributed by atoms with Crippen molar-refractivity contribution in [2.45, 2.75) is 43.8 Å². The number of piperidine rings is 1. The molecule has 0 bridgehead atoms. The number of phenols is 1. The smallest absolute Gasteiger partial charge is 0.319 e. The van der Waals surface area contributed by atoms with Crippen molar-refractivity contribution in [2.24, 2.45) is 5.92 Å². The number of terminal acetylenes is 1. The molecular formula is C34H34F3N5O4S. The average molecular weight is 666 g/mol. The van der Waals surface area contributed by atoms with Gasteiger partial charge in [-0.05, 0) is 61.7 Å². The number of aromatic hydroxyl groups is 1. The molecule has 246 valence electrons. The van der Waals surface area contributed by atoms with Crippen LogP contribution in [0.25, 0.3) is 32.9 Å². The van der Waals surface area contributed by atoms with Crippen LogP contribution in [0.3, 0.4) is 0 Å². The van der Waals surface area contributed by atoms with E-state index in [9.17, 15) is 22.3 Å². The summed E-state index contributed by atoms with van der Waals surface area (Å²) in [6.07, 6.45) is 10.7. The lowest BCUT2D eigenvalue weighted by atomic mass is 9.95. The Balaban J connectivity index is 1.37. The van der Waals surface area contributed by atoms with Crippen LogP contribution in [-0.2, 0) is 9.84 Å². The van der Waals surface area contributed by atoms with Crippen LogP contribution in [0.1, 0.15) is 37.7 Å². The number of rotatable bonds is 7. The zero-order valence-electron chi connectivity index (χ0n) is 25.8. The van der Waals surface area contributed by atoms with Crippen molar-refractivity contribution >= 4 is 37.3 Å². The molecule has 0 spiro atoms. The van der Waals surface area contributed by atoms with E-state index in [1.165, 1.54) is 36.7 Å². The quantitative estimate of drug-likeness (QED) is 0.272. The number of hydrogen-bond acceptors (Lipinski definition) is 9. The number of anilines is 1. The predicted molar refractivity (Wildman–Crippen MR) is 173 cm³/mol. The van der Waals surface area contributed by atoms with E-state index in [0.717, 1.165) is 19.4 Å². The molecule has 0 radical (unpaired) electrons. The Kier molecular flexibility index (Phi) is 7.91. The number of alkyl halides is 1. The van der Waals surface area contributed by atoms with Crippen molar-refractivity contribution in [1.29, 1.82) is 0 Å². The Labute approximate surface area is 270 Å². The van der Waals surface area contributed by atoms with Crippen molar-refractivity contribution in [3.63, 3.8) is 0 Å². The number of halogens is 3. The minimum absolute atomic E-state index is 0.00797. The summed E-state index contributed by atoms with van der Waals surface area (Å²) in [6.45, 7) is 2.13. The fourth-order valence-corrected chi connectivity index (χ4v) is 8.87. The van der Waals surface area contributed by atoms with Crippen LogP contribution in [0, 0.1) is 29.9 Å². The first-order chi connectivity index (χ1) is 22.4. The van der Waals surface area contributed by atoms with Gasteiger partial charge in [-0.25, -0.2) is 21.6 Å². The van der Waals surface area contributed by atoms with Gasteiger partial charge in [-0.2, -0.15) is 9.97 Å². The van der Waals surface area contributed by atoms with Gasteiger partial charge < -0.3 is 14.7 Å². The lowest BCUT2D eigenvalue weighted by Crippen LogP contribution is -2.43. The van der Waals surface area contributed by atoms with Crippen molar-refractivity contribution in [3.05, 3.63) is 47.7 Å². The van der Waals surface area contributed by atoms with Crippen LogP contribution in [0.4, 0.5) is 19.0 Å². The van der Waals surface area contributed by atoms with Gasteiger partial charge in [0.25, 0.3) is 0 Å². The molecule has 5 heterocycles. The third-order valence-electron chi connectivity index (χ3n) is 9.68. The summed E-state index contributed by atoms with van der Waals surface area (Å²) in [7, 11) is -3.24. The van der Waals surface area contributed by atoms with E-state index in [1.54, 1.807) is 0 Å². The molecule has 0 amide bonds. The van der Waals surface area contributed by atoms with Crippen molar-refractivity contribution < 1.29 is 31.4 Å². The second-order valence-corrected chi connectivity index (χ2v) is 15.3. The van der Waals surface area contributed by atoms with E-state index in [0.29, 0.717) is 50.1 Å². The summed E-state index contributed by atoms with van der Waals surface area (Å²) < 4.78 is 76.5. The zero-order valence-corrected chi connectivity index (χ0v) is 26.7. The molecule has 3 atom stereocenters. The van der Waals surface area contributed by atoms with Crippen LogP contribution in [0.2, 0.25) is 0 Å². The number of hydrogen-bond donors (Lipinski definition) is 1. The molecule has 47 heavy (non-hydrogen) atoms. The first-order valence-corrected chi connectivity index (χ1v) is 17.7. The van der Waals surface area contributed by atoms with Gasteiger partial charge in [0.1, 0.15) is 51.2 Å². The van der Waals surface area contributed by atoms with E-state index in [4.69, 9.17) is 16.1 Å². The number of aromatic nitrogens is 3. The molecule has 4 aromatic rings. The second-order valence-electron chi connectivity index (χ2n) is 13.1. The third-order valence-corrected chi connectivity index (χ3v) is 10.8. The molecule has 1 N–H and O–H groups in total. The number of nitrogens with zero attached hydrogens (tertiary/aromatic N) is 5. The highest BCUT2D eigenvalue weighted by Crippen LogP contribution is 2.42. The van der Waals surface area contributed by atoms with Gasteiger partial charge in [-0.3, -0.25) is 9.88 Å². The summed E-state index contributed by atoms with van der Waals surface area (Å²) in [5.41, 5.74) is -0.838. The van der Waals surface area contributed by atoms with Crippen molar-refractivity contribution in [2.75, 3.05) is 49.7 Å². The molecular weight excluding hydrogens is 631 g/mol. The standard InChI is InChI=1S/C34H34F3N5O4S/c1-3-24-27(36)8-7-21-12-23(43)13-25(28(21)24)30-29(37)31-26(15-38-30)32(41-10-4-6-20(16-41)18-47(2,44)45)40-33(39-31)46-19-34-9-5-11-42(34)17-22(35)14-34/h1,7-8,12-13,15,20,22,43H,4-6,9-11,14,16-19H2,2H3/t20?,22-,34+/m1/s1. The molecule has 0 aliphatic carbocycles. The van der Waals surface area contributed by atoms with Crippen LogP contribution >= 0.6 is 0 Å². The highest BCUT2D eigenvalue weighted by molar-refractivity contribution is 7.90. The summed E-state index contributed by atoms with van der Waals surface area (Å²) >= 11 is 0. The molecule has 7 rings (SSSR count). The van der Waals surface area contributed by atoms with Crippen molar-refractivity contribution in [3.8, 4) is 35.4 Å². The van der Waals surface area contributed by atoms with Gasteiger partial charge in [-0.15, -0.1) is 6.42 Å². The summed E-state index contributed by atoms with van der Waals surface area (Å²) in [5.74, 6) is 0.803. The monoisotopic (exact) mass is 665 g/mol. The number of phenolic OH excluding ortho intramolecular Hbond substituents is 1. The van der Waals surface area contributed by atoms with Crippen LogP contribution in [0.15, 0.2) is 30.5 Å². The van der Waals surface area contributed by atoms with E-state index < -0.39 is 33.2 Å². The lowest BCUT2D eigenvalue weighted by Gasteiger charge is -2.34. The Morgan fingerprint density at radius 2 is 2.00 bits per heavy atom. The molecule has 3 saturated heterocycles. The normalized spacial score (nSPS) is 23.3. The summed E-state index contributed by atoms with van der Waals surface area (Å²) in [6, 6.07) is 5.21. The summed E-state index contributed by atoms with van der Waals surface area (Å²) in [5, 5.41) is 11.4. The first kappa shape index (κ1) is 31.4. The third kappa shape index (κ3) is 5.82. The molecule has 9 nitrogen and oxygen atoms in total. The molecule has 3 fully saturated rings. The fourth-order valence-electron chi connectivity index (χ4n) is 7.74. The maximum atomic E-state index is 16.8. The van der Waals surface area contributed by atoms with Gasteiger partial charge in [0.05, 0.1) is 22.2 Å². The average Bonchev–Trinajstić information content (AvgIpc) is 3.55. The molecule has 2 aromatic heterocycles. The zero-order chi connectivity index (χ0) is 33.1. The number of pyridine rings is 1. The number of ether oxygens (including phenoxy) is 1. The van der Waals surface area contributed by atoms with Gasteiger partial charge in [-0.1, -0.05) is 12.0 Å². The first-order valence-electron chi connectivity index (χ1n) is 15.7. The molecule has 0 saturated carbocycles. The minimum atomic E-state index is -3.24. The molecule has 13 heteroatoms. The summed E-state index contributed by atoms with van der Waals surface area (Å²) in [4.78, 5) is 17.6. The Hall–Kier alpha value is -4.15. The highest BCUT2D eigenvalue weighted by Gasteiger charge is 2.49. The van der Waals surface area contributed by atoms with Crippen LogP contribution in [-0.4, -0.2) is 89.9 Å². The van der Waals surface area contributed by atoms with Crippen LogP contribution < -0.4 is 9.64 Å². The SMILES string of the molecule is C#Cc1c(F)ccc2cc(O)cc(-c3ncc4c(N5CCCC(CS(C)(=O)=O)C5)nc(OC[C@@]56CCCN5C[C@H](F)C6)nc4c3F)c12. The lowest BCUT2D eigenvalue weighted by molar-refractivity contribution is 0.107. The molecule has 1 unspecified atom stereocenters. The molecule has 3 aliphatic heterocycles. The Morgan fingerprint density at radius 1 is 1.17 bits per heavy atom. The highest BCUT2D eigenvalue weighted by atomic mass is 32.2. The van der Waals surface area contributed by atoms with E-state index in [-0.39, 0.29) is 63.1 Å². The van der Waals surface area contributed by atoms with Crippen LogP contribution in [0.5, 0.6) is 11.8 Å². The van der Waals surface area contributed by atoms with E-state index in [2.05, 4.69) is 20.8 Å². The second kappa shape index (κ2) is 11.8. The number of fused-ring (bicyclic) bond motifs is 3. The number of sulfone groups is 1. The van der Waals surface area contributed by atoms with Gasteiger partial charge in [0.15, 0.2) is 5.82 Å². The largest absolute Gasteiger partial charge is 0.508 e. The van der Waals surface area contributed by atoms with Crippen molar-refractivity contribution in [1.82, 2.24) is 19.9 Å². The maximum Gasteiger partial charge on any atom is 0.319 e. The van der Waals surface area contributed by atoms with E-state index in [1.807, 2.05) is 4.90 Å².